The van der Waals surface area contributed by atoms with Crippen molar-refractivity contribution in [2.45, 2.75) is 33.4 Å². The number of hydrogen-bond donors (Lipinski definition) is 3. The average Bonchev–Trinajstić information content (AvgIpc) is 2.27. The van der Waals surface area contributed by atoms with Crippen LogP contribution in [0, 0.1) is 0 Å². The van der Waals surface area contributed by atoms with Gasteiger partial charge in [0.2, 0.25) is 0 Å². The van der Waals surface area contributed by atoms with E-state index in [4.69, 9.17) is 10.8 Å². The number of nitrogen functional groups attached to an aromatic ring is 1. The summed E-state index contributed by atoms with van der Waals surface area (Å²) < 4.78 is 1.30. The highest BCUT2D eigenvalue weighted by molar-refractivity contribution is 5.62. The van der Waals surface area contributed by atoms with Gasteiger partial charge >= 0.3 is 5.69 Å². The number of rotatable bonds is 5. The Balaban J connectivity index is 3.47. The number of nitrogens with zero attached hydrogens (tertiary/aromatic N) is 2. The SMILES string of the molecule is CCn1c(N)c(N(CCO)C(C)C)c(=O)[nH]c1=O. The van der Waals surface area contributed by atoms with E-state index in [9.17, 15) is 9.59 Å². The molecule has 7 nitrogen and oxygen atoms in total. The first-order valence-corrected chi connectivity index (χ1v) is 5.94. The lowest BCUT2D eigenvalue weighted by Crippen LogP contribution is -2.42. The zero-order valence-corrected chi connectivity index (χ0v) is 10.9. The minimum Gasteiger partial charge on any atom is -0.395 e. The first-order chi connectivity index (χ1) is 8.43. The van der Waals surface area contributed by atoms with Crippen LogP contribution in [-0.4, -0.2) is 33.9 Å². The van der Waals surface area contributed by atoms with Gasteiger partial charge in [0.05, 0.1) is 6.61 Å². The summed E-state index contributed by atoms with van der Waals surface area (Å²) in [4.78, 5) is 27.4. The van der Waals surface area contributed by atoms with E-state index in [-0.39, 0.29) is 30.7 Å². The molecule has 0 bridgehead atoms. The minimum atomic E-state index is -0.524. The molecule has 1 aromatic rings. The second kappa shape index (κ2) is 5.72. The Labute approximate surface area is 105 Å². The topological polar surface area (TPSA) is 104 Å². The van der Waals surface area contributed by atoms with Gasteiger partial charge in [0.15, 0.2) is 0 Å². The van der Waals surface area contributed by atoms with Gasteiger partial charge in [0.1, 0.15) is 11.5 Å². The predicted molar refractivity (Wildman–Crippen MR) is 71.0 cm³/mol. The molecule has 0 saturated heterocycles. The molecule has 0 spiro atoms. The van der Waals surface area contributed by atoms with E-state index in [1.165, 1.54) is 4.57 Å². The van der Waals surface area contributed by atoms with Crippen molar-refractivity contribution in [2.24, 2.45) is 0 Å². The molecule has 0 aliphatic rings. The fourth-order valence-electron chi connectivity index (χ4n) is 1.90. The lowest BCUT2D eigenvalue weighted by molar-refractivity contribution is 0.299. The fraction of sp³-hybridized carbons (Fsp3) is 0.636. The fourth-order valence-corrected chi connectivity index (χ4v) is 1.90. The Morgan fingerprint density at radius 3 is 2.50 bits per heavy atom. The van der Waals surface area contributed by atoms with Crippen molar-refractivity contribution in [3.05, 3.63) is 20.8 Å². The highest BCUT2D eigenvalue weighted by Crippen LogP contribution is 2.18. The number of nitrogens with two attached hydrogens (primary N) is 1. The zero-order valence-electron chi connectivity index (χ0n) is 10.9. The van der Waals surface area contributed by atoms with Crippen LogP contribution in [0.25, 0.3) is 0 Å². The second-order valence-corrected chi connectivity index (χ2v) is 4.25. The van der Waals surface area contributed by atoms with Crippen molar-refractivity contribution in [2.75, 3.05) is 23.8 Å². The van der Waals surface area contributed by atoms with Gasteiger partial charge in [-0.05, 0) is 20.8 Å². The van der Waals surface area contributed by atoms with Crippen LogP contribution in [0.5, 0.6) is 0 Å². The standard InChI is InChI=1S/C11H20N4O3/c1-4-14-9(12)8(10(17)13-11(14)18)15(5-6-16)7(2)3/h7,16H,4-6,12H2,1-3H3,(H,13,17,18). The van der Waals surface area contributed by atoms with Gasteiger partial charge in [-0.1, -0.05) is 0 Å². The molecule has 0 aromatic carbocycles. The number of nitrogens with one attached hydrogen (secondary N) is 1. The van der Waals surface area contributed by atoms with Crippen LogP contribution in [0.4, 0.5) is 11.5 Å². The molecule has 0 saturated carbocycles. The Kier molecular flexibility index (Phi) is 4.55. The number of H-pyrrole nitrogens is 1. The molecule has 7 heteroatoms. The smallest absolute Gasteiger partial charge is 0.330 e. The molecule has 0 fully saturated rings. The van der Waals surface area contributed by atoms with Crippen LogP contribution in [0.15, 0.2) is 9.59 Å². The number of anilines is 2. The third-order valence-corrected chi connectivity index (χ3v) is 2.78. The molecule has 0 amide bonds. The summed E-state index contributed by atoms with van der Waals surface area (Å²) in [5.41, 5.74) is 5.08. The van der Waals surface area contributed by atoms with Crippen molar-refractivity contribution >= 4 is 11.5 Å². The molecule has 1 rings (SSSR count). The molecule has 102 valence electrons. The lowest BCUT2D eigenvalue weighted by Gasteiger charge is -2.28. The van der Waals surface area contributed by atoms with Gasteiger partial charge in [-0.25, -0.2) is 4.79 Å². The molecule has 0 unspecified atom stereocenters. The van der Waals surface area contributed by atoms with Crippen LogP contribution in [0.1, 0.15) is 20.8 Å². The quantitative estimate of drug-likeness (QED) is 0.649. The largest absolute Gasteiger partial charge is 0.395 e. The first-order valence-electron chi connectivity index (χ1n) is 5.94. The lowest BCUT2D eigenvalue weighted by atomic mass is 10.2. The summed E-state index contributed by atoms with van der Waals surface area (Å²) in [6.07, 6.45) is 0. The molecule has 4 N–H and O–H groups in total. The van der Waals surface area contributed by atoms with Gasteiger partial charge in [-0.2, -0.15) is 0 Å². The maximum absolute atomic E-state index is 11.9. The number of aliphatic hydroxyl groups is 1. The predicted octanol–water partition coefficient (Wildman–Crippen LogP) is -0.654. The van der Waals surface area contributed by atoms with Gasteiger partial charge < -0.3 is 15.7 Å². The van der Waals surface area contributed by atoms with Crippen molar-refractivity contribution in [3.8, 4) is 0 Å². The summed E-state index contributed by atoms with van der Waals surface area (Å²) in [5.74, 6) is 0.133. The molecule has 1 aromatic heterocycles. The van der Waals surface area contributed by atoms with E-state index < -0.39 is 11.2 Å². The third-order valence-electron chi connectivity index (χ3n) is 2.78. The molecule has 0 radical (unpaired) electrons. The van der Waals surface area contributed by atoms with E-state index >= 15 is 0 Å². The van der Waals surface area contributed by atoms with Gasteiger partial charge in [-0.3, -0.25) is 14.3 Å². The third kappa shape index (κ3) is 2.56. The summed E-state index contributed by atoms with van der Waals surface area (Å²) in [5, 5.41) is 9.05. The molecular formula is C11H20N4O3. The van der Waals surface area contributed by atoms with Crippen LogP contribution >= 0.6 is 0 Å². The summed E-state index contributed by atoms with van der Waals surface area (Å²) in [6, 6.07) is -0.0108. The molecular weight excluding hydrogens is 236 g/mol. The van der Waals surface area contributed by atoms with Crippen molar-refractivity contribution in [3.63, 3.8) is 0 Å². The molecule has 18 heavy (non-hydrogen) atoms. The monoisotopic (exact) mass is 256 g/mol. The summed E-state index contributed by atoms with van der Waals surface area (Å²) in [6.45, 7) is 6.10. The zero-order chi connectivity index (χ0) is 13.9. The van der Waals surface area contributed by atoms with Crippen molar-refractivity contribution < 1.29 is 5.11 Å². The van der Waals surface area contributed by atoms with Crippen molar-refractivity contribution in [1.82, 2.24) is 9.55 Å². The van der Waals surface area contributed by atoms with E-state index in [0.717, 1.165) is 0 Å². The summed E-state index contributed by atoms with van der Waals surface area (Å²) >= 11 is 0. The highest BCUT2D eigenvalue weighted by Gasteiger charge is 2.19. The van der Waals surface area contributed by atoms with Crippen LogP contribution in [0.3, 0.4) is 0 Å². The number of hydrogen-bond acceptors (Lipinski definition) is 5. The number of aromatic amines is 1. The average molecular weight is 256 g/mol. The normalized spacial score (nSPS) is 10.9. The van der Waals surface area contributed by atoms with Crippen LogP contribution in [-0.2, 0) is 6.54 Å². The Hall–Kier alpha value is -1.76. The van der Waals surface area contributed by atoms with Gasteiger partial charge in [0.25, 0.3) is 5.56 Å². The molecule has 0 atom stereocenters. The van der Waals surface area contributed by atoms with Crippen LogP contribution < -0.4 is 21.9 Å². The first kappa shape index (κ1) is 14.3. The van der Waals surface area contributed by atoms with Crippen molar-refractivity contribution in [1.29, 1.82) is 0 Å². The molecule has 0 aliphatic heterocycles. The number of aromatic nitrogens is 2. The van der Waals surface area contributed by atoms with E-state index in [1.807, 2.05) is 13.8 Å². The molecule has 1 heterocycles. The second-order valence-electron chi connectivity index (χ2n) is 4.25. The van der Waals surface area contributed by atoms with Gasteiger partial charge in [0, 0.05) is 19.1 Å². The summed E-state index contributed by atoms with van der Waals surface area (Å²) in [7, 11) is 0. The van der Waals surface area contributed by atoms with E-state index in [1.54, 1.807) is 11.8 Å². The Morgan fingerprint density at radius 1 is 1.44 bits per heavy atom. The number of aliphatic hydroxyl groups excluding tert-OH is 1. The Bertz CT molecular complexity index is 518. The highest BCUT2D eigenvalue weighted by atomic mass is 16.3. The minimum absolute atomic E-state index is 0.0108. The molecule has 0 aliphatic carbocycles. The Morgan fingerprint density at radius 2 is 2.06 bits per heavy atom. The van der Waals surface area contributed by atoms with E-state index in [2.05, 4.69) is 4.98 Å². The maximum Gasteiger partial charge on any atom is 0.330 e. The van der Waals surface area contributed by atoms with Crippen LogP contribution in [0.2, 0.25) is 0 Å². The maximum atomic E-state index is 11.9. The van der Waals surface area contributed by atoms with E-state index in [0.29, 0.717) is 6.54 Å². The van der Waals surface area contributed by atoms with Gasteiger partial charge in [-0.15, -0.1) is 0 Å².